The molecule has 0 aromatic carbocycles. The van der Waals surface area contributed by atoms with Gasteiger partial charge in [0.1, 0.15) is 5.60 Å². The van der Waals surface area contributed by atoms with Crippen LogP contribution in [0.25, 0.3) is 0 Å². The molecule has 0 fully saturated rings. The molecule has 0 heterocycles. The number of alkyl carbamates (subject to hydrolysis) is 1. The molecule has 0 aromatic heterocycles. The van der Waals surface area contributed by atoms with Gasteiger partial charge in [0.25, 0.3) is 0 Å². The van der Waals surface area contributed by atoms with Gasteiger partial charge in [0.05, 0.1) is 12.9 Å². The molecule has 3 N–H and O–H groups in total. The second kappa shape index (κ2) is 19.6. The quantitative estimate of drug-likeness (QED) is 0.395. The summed E-state index contributed by atoms with van der Waals surface area (Å²) in [7, 11) is 3.54. The van der Waals surface area contributed by atoms with Crippen LogP contribution in [-0.2, 0) is 14.3 Å². The highest BCUT2D eigenvalue weighted by Gasteiger charge is 2.15. The van der Waals surface area contributed by atoms with Crippen molar-refractivity contribution in [1.82, 2.24) is 10.6 Å². The summed E-state index contributed by atoms with van der Waals surface area (Å²) < 4.78 is 9.86. The summed E-state index contributed by atoms with van der Waals surface area (Å²) >= 11 is 0. The van der Waals surface area contributed by atoms with E-state index in [1.165, 1.54) is 0 Å². The molecular formula is C19H40N2O5. The SMILES string of the molecule is C=C(CCNC)OC.CC.CC(C)(C)OC(=O)NCCCCCC(=O)O. The van der Waals surface area contributed by atoms with Crippen LogP contribution >= 0.6 is 0 Å². The molecule has 0 atom stereocenters. The van der Waals surface area contributed by atoms with Crippen LogP contribution in [0.1, 0.15) is 66.7 Å². The molecule has 0 aliphatic carbocycles. The van der Waals surface area contributed by atoms with Gasteiger partial charge in [0.15, 0.2) is 0 Å². The van der Waals surface area contributed by atoms with Gasteiger partial charge in [-0.15, -0.1) is 0 Å². The van der Waals surface area contributed by atoms with Crippen molar-refractivity contribution in [3.63, 3.8) is 0 Å². The van der Waals surface area contributed by atoms with Crippen molar-refractivity contribution < 1.29 is 24.2 Å². The second-order valence-corrected chi connectivity index (χ2v) is 6.23. The van der Waals surface area contributed by atoms with Crippen LogP contribution < -0.4 is 10.6 Å². The Morgan fingerprint density at radius 2 is 1.62 bits per heavy atom. The Morgan fingerprint density at radius 3 is 2.04 bits per heavy atom. The average Bonchev–Trinajstić information content (AvgIpc) is 2.56. The molecule has 0 saturated heterocycles. The Labute approximate surface area is 159 Å². The number of methoxy groups -OCH3 is 1. The number of carboxylic acids is 1. The number of hydrogen-bond acceptors (Lipinski definition) is 5. The van der Waals surface area contributed by atoms with E-state index in [1.54, 1.807) is 27.9 Å². The number of ether oxygens (including phenoxy) is 2. The van der Waals surface area contributed by atoms with Gasteiger partial charge in [-0.1, -0.05) is 26.8 Å². The first-order valence-corrected chi connectivity index (χ1v) is 9.17. The number of carboxylic acid groups (broad SMARTS) is 1. The van der Waals surface area contributed by atoms with Gasteiger partial charge >= 0.3 is 12.1 Å². The molecule has 0 saturated carbocycles. The van der Waals surface area contributed by atoms with Crippen molar-refractivity contribution in [2.45, 2.75) is 72.3 Å². The van der Waals surface area contributed by atoms with E-state index in [0.29, 0.717) is 13.0 Å². The molecule has 0 aromatic rings. The van der Waals surface area contributed by atoms with Crippen LogP contribution in [0.4, 0.5) is 4.79 Å². The fraction of sp³-hybridized carbons (Fsp3) is 0.789. The molecule has 7 heteroatoms. The smallest absolute Gasteiger partial charge is 0.407 e. The van der Waals surface area contributed by atoms with Crippen molar-refractivity contribution in [2.24, 2.45) is 0 Å². The fourth-order valence-electron chi connectivity index (χ4n) is 1.45. The molecule has 0 aliphatic heterocycles. The largest absolute Gasteiger partial charge is 0.502 e. The Bertz CT molecular complexity index is 365. The summed E-state index contributed by atoms with van der Waals surface area (Å²) in [5.74, 6) is 0.0550. The Kier molecular flexibility index (Phi) is 21.8. The van der Waals surface area contributed by atoms with Crippen LogP contribution in [0.2, 0.25) is 0 Å². The molecule has 0 rings (SSSR count). The Balaban J connectivity index is -0.000000444. The van der Waals surface area contributed by atoms with Gasteiger partial charge in [-0.25, -0.2) is 4.79 Å². The number of unbranched alkanes of at least 4 members (excludes halogenated alkanes) is 2. The first kappa shape index (κ1) is 29.0. The summed E-state index contributed by atoms with van der Waals surface area (Å²) in [4.78, 5) is 21.4. The van der Waals surface area contributed by atoms with Crippen LogP contribution in [-0.4, -0.2) is 50.0 Å². The van der Waals surface area contributed by atoms with E-state index in [9.17, 15) is 9.59 Å². The number of carbonyl (C=O) groups excluding carboxylic acids is 1. The molecule has 7 nitrogen and oxygen atoms in total. The average molecular weight is 377 g/mol. The maximum Gasteiger partial charge on any atom is 0.407 e. The van der Waals surface area contributed by atoms with Crippen LogP contribution in [0.15, 0.2) is 12.3 Å². The lowest BCUT2D eigenvalue weighted by Gasteiger charge is -2.19. The second-order valence-electron chi connectivity index (χ2n) is 6.23. The van der Waals surface area contributed by atoms with Crippen LogP contribution in [0, 0.1) is 0 Å². The lowest BCUT2D eigenvalue weighted by atomic mass is 10.2. The first-order chi connectivity index (χ1) is 12.1. The van der Waals surface area contributed by atoms with E-state index in [1.807, 2.05) is 20.9 Å². The van der Waals surface area contributed by atoms with Gasteiger partial charge in [-0.2, -0.15) is 0 Å². The molecular weight excluding hydrogens is 336 g/mol. The number of carbonyl (C=O) groups is 2. The van der Waals surface area contributed by atoms with E-state index in [-0.39, 0.29) is 6.42 Å². The van der Waals surface area contributed by atoms with Crippen LogP contribution in [0.5, 0.6) is 0 Å². The van der Waals surface area contributed by atoms with Crippen molar-refractivity contribution in [3.8, 4) is 0 Å². The topological polar surface area (TPSA) is 96.9 Å². The first-order valence-electron chi connectivity index (χ1n) is 9.17. The monoisotopic (exact) mass is 376 g/mol. The molecule has 0 spiro atoms. The van der Waals surface area contributed by atoms with E-state index in [4.69, 9.17) is 14.6 Å². The van der Waals surface area contributed by atoms with E-state index in [2.05, 4.69) is 17.2 Å². The van der Waals surface area contributed by atoms with E-state index < -0.39 is 17.7 Å². The maximum atomic E-state index is 11.2. The summed E-state index contributed by atoms with van der Waals surface area (Å²) in [6.45, 7) is 14.5. The minimum atomic E-state index is -0.778. The van der Waals surface area contributed by atoms with Gasteiger partial charge < -0.3 is 25.2 Å². The molecule has 0 bridgehead atoms. The Morgan fingerprint density at radius 1 is 1.04 bits per heavy atom. The summed E-state index contributed by atoms with van der Waals surface area (Å²) in [6, 6.07) is 0. The summed E-state index contributed by atoms with van der Waals surface area (Å²) in [5.41, 5.74) is -0.479. The number of aliphatic carboxylic acids is 1. The maximum absolute atomic E-state index is 11.2. The minimum absolute atomic E-state index is 0.187. The van der Waals surface area contributed by atoms with Crippen LogP contribution in [0.3, 0.4) is 0 Å². The lowest BCUT2D eigenvalue weighted by Crippen LogP contribution is -2.32. The zero-order valence-corrected chi connectivity index (χ0v) is 17.7. The molecule has 1 amide bonds. The highest BCUT2D eigenvalue weighted by atomic mass is 16.6. The zero-order chi connectivity index (χ0) is 21.0. The van der Waals surface area contributed by atoms with Gasteiger partial charge in [-0.3, -0.25) is 4.79 Å². The third-order valence-electron chi connectivity index (χ3n) is 2.68. The van der Waals surface area contributed by atoms with E-state index >= 15 is 0 Å². The van der Waals surface area contributed by atoms with Gasteiger partial charge in [0, 0.05) is 25.9 Å². The summed E-state index contributed by atoms with van der Waals surface area (Å²) in [5, 5.41) is 14.0. The number of rotatable bonds is 10. The normalized spacial score (nSPS) is 9.65. The molecule has 0 unspecified atom stereocenters. The van der Waals surface area contributed by atoms with Gasteiger partial charge in [-0.05, 0) is 40.7 Å². The van der Waals surface area contributed by atoms with Gasteiger partial charge in [0.2, 0.25) is 0 Å². The molecule has 0 aliphatic rings. The number of amides is 1. The summed E-state index contributed by atoms with van der Waals surface area (Å²) in [6.07, 6.45) is 2.87. The standard InChI is InChI=1S/C11H21NO4.C6H13NO.C2H6/c1-11(2,3)16-10(15)12-8-6-4-5-7-9(13)14;1-6(8-3)4-5-7-2;1-2/h4-8H2,1-3H3,(H,12,15)(H,13,14);7H,1,4-5H2,2-3H3;1-2H3. The van der Waals surface area contributed by atoms with Crippen molar-refractivity contribution in [1.29, 1.82) is 0 Å². The van der Waals surface area contributed by atoms with Crippen molar-refractivity contribution in [3.05, 3.63) is 12.3 Å². The van der Waals surface area contributed by atoms with Crippen molar-refractivity contribution >= 4 is 12.1 Å². The highest BCUT2D eigenvalue weighted by Crippen LogP contribution is 2.06. The zero-order valence-electron chi connectivity index (χ0n) is 17.7. The number of nitrogens with one attached hydrogen (secondary N) is 2. The minimum Gasteiger partial charge on any atom is -0.502 e. The molecule has 0 radical (unpaired) electrons. The fourth-order valence-corrected chi connectivity index (χ4v) is 1.45. The predicted octanol–water partition coefficient (Wildman–Crippen LogP) is 3.94. The predicted molar refractivity (Wildman–Crippen MR) is 106 cm³/mol. The van der Waals surface area contributed by atoms with Crippen molar-refractivity contribution in [2.75, 3.05) is 27.2 Å². The third-order valence-corrected chi connectivity index (χ3v) is 2.68. The third kappa shape index (κ3) is 30.2. The molecule has 26 heavy (non-hydrogen) atoms. The lowest BCUT2D eigenvalue weighted by molar-refractivity contribution is -0.137. The highest BCUT2D eigenvalue weighted by molar-refractivity contribution is 5.67. The number of hydrogen-bond donors (Lipinski definition) is 3. The molecule has 156 valence electrons. The van der Waals surface area contributed by atoms with E-state index in [0.717, 1.165) is 31.6 Å². The Hall–Kier alpha value is -1.76.